The number of aliphatic hydroxyl groups excluding tert-OH is 2. The molecule has 16 heteroatoms. The highest BCUT2D eigenvalue weighted by atomic mass is 32.2. The quantitative estimate of drug-likeness (QED) is 0.108. The van der Waals surface area contributed by atoms with Crippen molar-refractivity contribution < 1.29 is 61.9 Å². The lowest BCUT2D eigenvalue weighted by Crippen LogP contribution is -2.61. The third-order valence-corrected chi connectivity index (χ3v) is 16.7. The lowest BCUT2D eigenvalue weighted by atomic mass is 9.78. The number of carbonyl (C=O) groups is 4. The molecule has 15 nitrogen and oxygen atoms in total. The Balaban J connectivity index is 1.72. The fourth-order valence-electron chi connectivity index (χ4n) is 10.7. The third-order valence-electron chi connectivity index (χ3n) is 15.1. The molecule has 2 bridgehead atoms. The van der Waals surface area contributed by atoms with Crippen LogP contribution in [0.2, 0.25) is 0 Å². The Morgan fingerprint density at radius 2 is 1.59 bits per heavy atom. The Morgan fingerprint density at radius 1 is 0.870 bits per heavy atom. The Hall–Kier alpha value is -3.09. The van der Waals surface area contributed by atoms with Crippen LogP contribution in [0.15, 0.2) is 47.6 Å². The summed E-state index contributed by atoms with van der Waals surface area (Å²) in [6.07, 6.45) is 13.5. The smallest absolute Gasteiger partial charge is 0.329 e. The van der Waals surface area contributed by atoms with Crippen LogP contribution in [-0.4, -0.2) is 133 Å². The predicted molar refractivity (Wildman–Crippen MR) is 265 cm³/mol. The van der Waals surface area contributed by atoms with E-state index >= 15 is 0 Å². The van der Waals surface area contributed by atoms with Crippen LogP contribution in [-0.2, 0) is 48.1 Å². The number of Topliss-reactive ketones (excluding diaryl/α,β-unsaturated/α-hetero) is 2. The van der Waals surface area contributed by atoms with Crippen LogP contribution in [0.1, 0.15) is 145 Å². The standard InChI is InChI=1S/C53H86N2O13S/c1-11-27-69(63,64)54-42-32-41-23-21-39(8)53(62,68-41)50(59)51(60)55-26-16-15-19-43(55)52(61)67-45(36(5)30-40-22-24-44(56)46(31-40)65-9)25-20-34(3)29-38(7)48(58)49(66-10)47(57)37(6)28-33(2)17-13-12-14-18-35(42)4/h12-14,17-18,29,33-34,36-37,39-46,48-49,54,56,58,62H,11,15-16,19-28,30-32H2,1-10H3/b14-12?,17-13+,35-18?,38-29+/t33-,34+,36-,37-,39-,40+,41+,42-,43+,44-,45+,46-,48-,49+,53-/m1/s1. The van der Waals surface area contributed by atoms with E-state index in [1.807, 2.05) is 52.0 Å². The number of nitrogens with one attached hydrogen (secondary N) is 1. The van der Waals surface area contributed by atoms with Gasteiger partial charge in [0.15, 0.2) is 5.78 Å². The molecule has 69 heavy (non-hydrogen) atoms. The van der Waals surface area contributed by atoms with Gasteiger partial charge in [0, 0.05) is 38.6 Å². The predicted octanol–water partition coefficient (Wildman–Crippen LogP) is 6.68. The minimum Gasteiger partial charge on any atom is -0.461 e. The van der Waals surface area contributed by atoms with Crippen LogP contribution in [0, 0.1) is 35.5 Å². The van der Waals surface area contributed by atoms with Gasteiger partial charge >= 0.3 is 5.97 Å². The van der Waals surface area contributed by atoms with E-state index in [0.717, 1.165) is 6.42 Å². The van der Waals surface area contributed by atoms with Crippen molar-refractivity contribution in [1.29, 1.82) is 0 Å². The van der Waals surface area contributed by atoms with E-state index in [1.54, 1.807) is 47.0 Å². The van der Waals surface area contributed by atoms with Crippen molar-refractivity contribution >= 4 is 33.5 Å². The van der Waals surface area contributed by atoms with Gasteiger partial charge in [-0.3, -0.25) is 14.4 Å². The van der Waals surface area contributed by atoms with E-state index in [2.05, 4.69) is 4.72 Å². The minimum atomic E-state index is -3.73. The summed E-state index contributed by atoms with van der Waals surface area (Å²) in [6.45, 7) is 14.9. The van der Waals surface area contributed by atoms with Crippen molar-refractivity contribution in [3.63, 3.8) is 0 Å². The molecule has 0 spiro atoms. The Kier molecular flexibility index (Phi) is 23.0. The number of ketones is 2. The molecule has 0 aromatic heterocycles. The number of hydrogen-bond donors (Lipinski definition) is 4. The third kappa shape index (κ3) is 16.5. The first-order valence-electron chi connectivity index (χ1n) is 25.7. The van der Waals surface area contributed by atoms with Gasteiger partial charge < -0.3 is 39.2 Å². The maximum Gasteiger partial charge on any atom is 0.329 e. The largest absolute Gasteiger partial charge is 0.461 e. The second-order valence-corrected chi connectivity index (χ2v) is 22.8. The molecule has 1 amide bonds. The molecule has 1 saturated carbocycles. The number of rotatable bonds is 9. The first-order chi connectivity index (χ1) is 32.5. The van der Waals surface area contributed by atoms with Crippen LogP contribution in [0.3, 0.4) is 0 Å². The SMILES string of the molecule is CCCS(=O)(=O)N[C@@H]1C[C@@H]2CC[C@@H](C)[C@@](O)(O2)C(=O)C(=O)N2CCCC[C@H]2C(=O)O[C@H]([C@H](C)C[C@@H]2CC[C@@H](O)[C@H](OC)C2)CC[C@H](C)/C=C(\C)[C@@H](O)[C@@H](OC)C(=O)[C@H](C)C[C@H](C)/C=C/C=CC=C1C. The van der Waals surface area contributed by atoms with Gasteiger partial charge in [0.1, 0.15) is 24.4 Å². The number of sulfonamides is 1. The zero-order valence-electron chi connectivity index (χ0n) is 43.1. The number of cyclic esters (lactones) is 1. The Bertz CT molecular complexity index is 1950. The van der Waals surface area contributed by atoms with Gasteiger partial charge in [-0.25, -0.2) is 17.9 Å². The van der Waals surface area contributed by atoms with Crippen LogP contribution < -0.4 is 4.72 Å². The number of esters is 1. The summed E-state index contributed by atoms with van der Waals surface area (Å²) in [5.74, 6) is -6.94. The molecule has 0 radical (unpaired) electrons. The van der Waals surface area contributed by atoms with E-state index in [4.69, 9.17) is 18.9 Å². The molecule has 4 rings (SSSR count). The van der Waals surface area contributed by atoms with E-state index in [0.29, 0.717) is 81.8 Å². The summed E-state index contributed by atoms with van der Waals surface area (Å²) in [5, 5.41) is 34.1. The summed E-state index contributed by atoms with van der Waals surface area (Å²) in [5.41, 5.74) is 1.24. The van der Waals surface area contributed by atoms with E-state index in [1.165, 1.54) is 12.0 Å². The molecule has 0 unspecified atom stereocenters. The van der Waals surface area contributed by atoms with Crippen molar-refractivity contribution in [3.8, 4) is 0 Å². The van der Waals surface area contributed by atoms with Crippen LogP contribution >= 0.6 is 0 Å². The molecule has 4 aliphatic rings. The van der Waals surface area contributed by atoms with Crippen molar-refractivity contribution in [3.05, 3.63) is 47.6 Å². The summed E-state index contributed by atoms with van der Waals surface area (Å²) in [7, 11) is -0.712. The minimum absolute atomic E-state index is 0.00916. The summed E-state index contributed by atoms with van der Waals surface area (Å²) in [6, 6.07) is -1.85. The molecule has 0 aromatic rings. The van der Waals surface area contributed by atoms with E-state index in [9.17, 15) is 42.9 Å². The number of allylic oxidation sites excluding steroid dienone is 6. The van der Waals surface area contributed by atoms with Crippen LogP contribution in [0.4, 0.5) is 0 Å². The summed E-state index contributed by atoms with van der Waals surface area (Å²) in [4.78, 5) is 58.2. The Morgan fingerprint density at radius 3 is 2.28 bits per heavy atom. The van der Waals surface area contributed by atoms with Crippen molar-refractivity contribution in [1.82, 2.24) is 9.62 Å². The lowest BCUT2D eigenvalue weighted by Gasteiger charge is -2.43. The van der Waals surface area contributed by atoms with Crippen LogP contribution in [0.25, 0.3) is 0 Å². The lowest BCUT2D eigenvalue weighted by molar-refractivity contribution is -0.264. The number of amides is 1. The number of fused-ring (bicyclic) bond motifs is 3. The zero-order chi connectivity index (χ0) is 51.2. The molecule has 3 aliphatic heterocycles. The number of ether oxygens (including phenoxy) is 4. The van der Waals surface area contributed by atoms with Gasteiger partial charge in [-0.2, -0.15) is 0 Å². The summed E-state index contributed by atoms with van der Waals surface area (Å²) < 4.78 is 53.0. The highest BCUT2D eigenvalue weighted by Gasteiger charge is 2.53. The molecule has 4 N–H and O–H groups in total. The summed E-state index contributed by atoms with van der Waals surface area (Å²) >= 11 is 0. The zero-order valence-corrected chi connectivity index (χ0v) is 44.0. The van der Waals surface area contributed by atoms with Gasteiger partial charge in [-0.15, -0.1) is 0 Å². The van der Waals surface area contributed by atoms with Crippen molar-refractivity contribution in [2.75, 3.05) is 26.5 Å². The number of hydrogen-bond acceptors (Lipinski definition) is 13. The monoisotopic (exact) mass is 991 g/mol. The average molecular weight is 991 g/mol. The highest BCUT2D eigenvalue weighted by Crippen LogP contribution is 2.38. The normalized spacial score (nSPS) is 37.8. The second kappa shape index (κ2) is 27.1. The maximum atomic E-state index is 14.5. The fraction of sp³-hybridized carbons (Fsp3) is 0.774. The van der Waals surface area contributed by atoms with E-state index in [-0.39, 0.29) is 60.7 Å². The van der Waals surface area contributed by atoms with Crippen molar-refractivity contribution in [2.24, 2.45) is 35.5 Å². The van der Waals surface area contributed by atoms with Gasteiger partial charge in [0.25, 0.3) is 11.7 Å². The number of nitrogens with zero attached hydrogens (tertiary/aromatic N) is 1. The first-order valence-corrected chi connectivity index (χ1v) is 27.3. The molecular weight excluding hydrogens is 905 g/mol. The molecule has 2 saturated heterocycles. The number of aliphatic hydroxyl groups is 3. The molecular formula is C53H86N2O13S. The average Bonchev–Trinajstić information content (AvgIpc) is 3.30. The molecule has 3 heterocycles. The number of piperidine rings is 1. The number of carbonyl (C=O) groups excluding carboxylic acids is 4. The number of methoxy groups -OCH3 is 2. The first kappa shape index (κ1) is 58.5. The van der Waals surface area contributed by atoms with Gasteiger partial charge in [0.2, 0.25) is 15.8 Å². The van der Waals surface area contributed by atoms with Crippen LogP contribution in [0.5, 0.6) is 0 Å². The molecule has 392 valence electrons. The highest BCUT2D eigenvalue weighted by molar-refractivity contribution is 7.89. The van der Waals surface area contributed by atoms with Gasteiger partial charge in [-0.1, -0.05) is 83.6 Å². The fourth-order valence-corrected chi connectivity index (χ4v) is 12.1. The molecule has 15 atom stereocenters. The molecule has 1 aliphatic carbocycles. The van der Waals surface area contributed by atoms with Gasteiger partial charge in [-0.05, 0) is 133 Å². The van der Waals surface area contributed by atoms with E-state index < -0.39 is 87.9 Å². The molecule has 0 aromatic carbocycles. The topological polar surface area (TPSA) is 215 Å². The van der Waals surface area contributed by atoms with Crippen molar-refractivity contribution in [2.45, 2.75) is 200 Å². The Labute approximate surface area is 412 Å². The second-order valence-electron chi connectivity index (χ2n) is 21.0. The molecule has 3 fully saturated rings. The maximum absolute atomic E-state index is 14.5. The van der Waals surface area contributed by atoms with Gasteiger partial charge in [0.05, 0.1) is 24.1 Å².